The highest BCUT2D eigenvalue weighted by molar-refractivity contribution is 7.11. The second kappa shape index (κ2) is 14.4. The summed E-state index contributed by atoms with van der Waals surface area (Å²) in [5.74, 6) is -0.0701. The van der Waals surface area contributed by atoms with Gasteiger partial charge in [0.1, 0.15) is 12.2 Å². The zero-order valence-corrected chi connectivity index (χ0v) is 27.3. The number of thiazole rings is 1. The molecule has 1 amide bonds. The Morgan fingerprint density at radius 3 is 2.57 bits per heavy atom. The van der Waals surface area contributed by atoms with Crippen molar-refractivity contribution in [2.75, 3.05) is 38.9 Å². The zero-order chi connectivity index (χ0) is 32.0. The number of carbonyl (C=O) groups is 3. The molecule has 236 valence electrons. The number of rotatable bonds is 12. The lowest BCUT2D eigenvalue weighted by molar-refractivity contribution is -0.144. The summed E-state index contributed by atoms with van der Waals surface area (Å²) in [5.41, 5.74) is 1.31. The lowest BCUT2D eigenvalue weighted by atomic mass is 9.92. The van der Waals surface area contributed by atoms with E-state index in [0.717, 1.165) is 4.88 Å². The Hall–Kier alpha value is -3.67. The van der Waals surface area contributed by atoms with Crippen LogP contribution in [0.3, 0.4) is 0 Å². The molecule has 0 bridgehead atoms. The molecule has 0 saturated carbocycles. The van der Waals surface area contributed by atoms with Crippen molar-refractivity contribution in [3.63, 3.8) is 0 Å². The fourth-order valence-corrected chi connectivity index (χ4v) is 6.15. The monoisotopic (exact) mass is 644 g/mol. The summed E-state index contributed by atoms with van der Waals surface area (Å²) in [7, 11) is 3.10. The van der Waals surface area contributed by atoms with E-state index in [-0.39, 0.29) is 44.5 Å². The molecule has 12 heteroatoms. The van der Waals surface area contributed by atoms with Gasteiger partial charge in [-0.3, -0.25) is 14.4 Å². The first kappa shape index (κ1) is 33.2. The number of carbonyl (C=O) groups excluding carboxylic acids is 3. The Kier molecular flexibility index (Phi) is 10.9. The smallest absolute Gasteiger partial charge is 0.311 e. The van der Waals surface area contributed by atoms with Gasteiger partial charge in [-0.1, -0.05) is 37.6 Å². The number of aromatic nitrogens is 1. The maximum Gasteiger partial charge on any atom is 0.311 e. The highest BCUT2D eigenvalue weighted by atomic mass is 35.5. The molecule has 2 heterocycles. The number of amides is 1. The number of fused-ring (bicyclic) bond motifs is 1. The SMILES string of the molecule is CCOC(=O)Cc1cnc(C[C@H]2O[C@H](c3cccc(OC)c3OC)c3cc(Cl)ccc3N(CC(C)(C)COC(C)=O)C2=O)s1. The van der Waals surface area contributed by atoms with E-state index < -0.39 is 23.6 Å². The van der Waals surface area contributed by atoms with Gasteiger partial charge in [-0.2, -0.15) is 0 Å². The van der Waals surface area contributed by atoms with E-state index in [9.17, 15) is 14.4 Å². The van der Waals surface area contributed by atoms with E-state index in [4.69, 9.17) is 35.3 Å². The Bertz CT molecular complexity index is 1510. The summed E-state index contributed by atoms with van der Waals surface area (Å²) in [4.78, 5) is 45.0. The maximum atomic E-state index is 14.4. The zero-order valence-electron chi connectivity index (χ0n) is 25.7. The van der Waals surface area contributed by atoms with Crippen LogP contribution in [0.4, 0.5) is 5.69 Å². The molecular formula is C32H37ClN2O8S. The predicted octanol–water partition coefficient (Wildman–Crippen LogP) is 5.57. The number of ether oxygens (including phenoxy) is 5. The predicted molar refractivity (Wildman–Crippen MR) is 167 cm³/mol. The van der Waals surface area contributed by atoms with Gasteiger partial charge >= 0.3 is 11.9 Å². The second-order valence-corrected chi connectivity index (χ2v) is 12.7. The van der Waals surface area contributed by atoms with Crippen LogP contribution in [0.1, 0.15) is 54.8 Å². The van der Waals surface area contributed by atoms with Crippen molar-refractivity contribution in [3.05, 3.63) is 68.6 Å². The van der Waals surface area contributed by atoms with Crippen molar-refractivity contribution in [1.82, 2.24) is 4.98 Å². The van der Waals surface area contributed by atoms with Crippen molar-refractivity contribution < 1.29 is 38.1 Å². The van der Waals surface area contributed by atoms with Gasteiger partial charge in [0.05, 0.1) is 38.9 Å². The minimum atomic E-state index is -0.979. The van der Waals surface area contributed by atoms with E-state index in [1.54, 1.807) is 56.5 Å². The van der Waals surface area contributed by atoms with Crippen LogP contribution in [-0.2, 0) is 41.4 Å². The fraction of sp³-hybridized carbons (Fsp3) is 0.438. The maximum absolute atomic E-state index is 14.4. The molecule has 0 aliphatic carbocycles. The number of anilines is 1. The van der Waals surface area contributed by atoms with Gasteiger partial charge in [-0.05, 0) is 31.2 Å². The summed E-state index contributed by atoms with van der Waals surface area (Å²) in [6.07, 6.45) is 0.110. The molecule has 10 nitrogen and oxygen atoms in total. The van der Waals surface area contributed by atoms with Crippen LogP contribution in [0.2, 0.25) is 5.02 Å². The van der Waals surface area contributed by atoms with E-state index in [0.29, 0.717) is 38.3 Å². The molecule has 1 aliphatic heterocycles. The van der Waals surface area contributed by atoms with Crippen molar-refractivity contribution in [2.24, 2.45) is 5.41 Å². The third-order valence-corrected chi connectivity index (χ3v) is 8.21. The van der Waals surface area contributed by atoms with E-state index in [1.165, 1.54) is 18.3 Å². The highest BCUT2D eigenvalue weighted by Crippen LogP contribution is 2.45. The van der Waals surface area contributed by atoms with Gasteiger partial charge in [0, 0.05) is 58.2 Å². The molecule has 0 saturated heterocycles. The molecule has 1 aromatic heterocycles. The standard InChI is InChI=1S/C32H37ClN2O8S/c1-7-41-28(37)14-21-16-34-27(44-21)15-26-31(38)35(17-32(3,4)18-42-19(2)36)24-12-11-20(33)13-23(24)29(43-26)22-9-8-10-25(39-5)30(22)40-6/h8-13,16,26,29H,7,14-15,17-18H2,1-6H3/t26-,29-/m1/s1. The van der Waals surface area contributed by atoms with Crippen LogP contribution < -0.4 is 14.4 Å². The molecule has 2 aromatic carbocycles. The first-order valence-electron chi connectivity index (χ1n) is 14.2. The third kappa shape index (κ3) is 7.88. The summed E-state index contributed by atoms with van der Waals surface area (Å²) < 4.78 is 28.5. The number of nitrogens with zero attached hydrogens (tertiary/aromatic N) is 2. The lowest BCUT2D eigenvalue weighted by Crippen LogP contribution is -2.46. The molecule has 0 fully saturated rings. The highest BCUT2D eigenvalue weighted by Gasteiger charge is 2.40. The Morgan fingerprint density at radius 2 is 1.89 bits per heavy atom. The molecule has 3 aromatic rings. The van der Waals surface area contributed by atoms with Crippen LogP contribution in [0.5, 0.6) is 11.5 Å². The number of benzene rings is 2. The number of hydrogen-bond acceptors (Lipinski definition) is 10. The average Bonchev–Trinajstić information content (AvgIpc) is 3.39. The quantitative estimate of drug-likeness (QED) is 0.233. The molecule has 2 atom stereocenters. The second-order valence-electron chi connectivity index (χ2n) is 11.1. The first-order chi connectivity index (χ1) is 21.0. The molecular weight excluding hydrogens is 608 g/mol. The van der Waals surface area contributed by atoms with Crippen molar-refractivity contribution in [3.8, 4) is 11.5 Å². The number of halogens is 1. The Balaban J connectivity index is 1.81. The van der Waals surface area contributed by atoms with E-state index in [2.05, 4.69) is 4.98 Å². The molecule has 4 rings (SSSR count). The van der Waals surface area contributed by atoms with Gasteiger partial charge in [0.25, 0.3) is 5.91 Å². The minimum absolute atomic E-state index is 0.0923. The van der Waals surface area contributed by atoms with Crippen LogP contribution in [0.15, 0.2) is 42.6 Å². The minimum Gasteiger partial charge on any atom is -0.493 e. The molecule has 0 N–H and O–H groups in total. The summed E-state index contributed by atoms with van der Waals surface area (Å²) in [5, 5.41) is 1.09. The molecule has 0 unspecified atom stereocenters. The number of esters is 2. The van der Waals surface area contributed by atoms with Gasteiger partial charge in [0.2, 0.25) is 0 Å². The van der Waals surface area contributed by atoms with Gasteiger partial charge < -0.3 is 28.6 Å². The topological polar surface area (TPSA) is 113 Å². The van der Waals surface area contributed by atoms with Gasteiger partial charge in [-0.25, -0.2) is 4.98 Å². The van der Waals surface area contributed by atoms with Crippen LogP contribution in [-0.4, -0.2) is 62.9 Å². The largest absolute Gasteiger partial charge is 0.493 e. The normalized spacial score (nSPS) is 16.6. The summed E-state index contributed by atoms with van der Waals surface area (Å²) >= 11 is 7.86. The molecule has 1 aliphatic rings. The summed E-state index contributed by atoms with van der Waals surface area (Å²) in [6, 6.07) is 10.8. The van der Waals surface area contributed by atoms with Crippen LogP contribution >= 0.6 is 22.9 Å². The average molecular weight is 645 g/mol. The van der Waals surface area contributed by atoms with Crippen LogP contribution in [0, 0.1) is 5.41 Å². The van der Waals surface area contributed by atoms with Crippen molar-refractivity contribution in [1.29, 1.82) is 0 Å². The van der Waals surface area contributed by atoms with Gasteiger partial charge in [-0.15, -0.1) is 11.3 Å². The molecule has 44 heavy (non-hydrogen) atoms. The van der Waals surface area contributed by atoms with Crippen molar-refractivity contribution in [2.45, 2.75) is 52.7 Å². The molecule has 0 radical (unpaired) electrons. The first-order valence-corrected chi connectivity index (χ1v) is 15.4. The van der Waals surface area contributed by atoms with E-state index in [1.807, 2.05) is 26.0 Å². The van der Waals surface area contributed by atoms with Gasteiger partial charge in [0.15, 0.2) is 11.5 Å². The van der Waals surface area contributed by atoms with Crippen molar-refractivity contribution >= 4 is 46.5 Å². The molecule has 0 spiro atoms. The number of hydrogen-bond donors (Lipinski definition) is 0. The third-order valence-electron chi connectivity index (χ3n) is 6.96. The lowest BCUT2D eigenvalue weighted by Gasteiger charge is -2.33. The summed E-state index contributed by atoms with van der Waals surface area (Å²) in [6.45, 7) is 7.57. The number of para-hydroxylation sites is 1. The Morgan fingerprint density at radius 1 is 1.11 bits per heavy atom. The van der Waals surface area contributed by atoms with Crippen LogP contribution in [0.25, 0.3) is 0 Å². The fourth-order valence-electron chi connectivity index (χ4n) is 5.03. The number of methoxy groups -OCH3 is 2. The Labute approximate surface area is 266 Å². The van der Waals surface area contributed by atoms with E-state index >= 15 is 0 Å².